The van der Waals surface area contributed by atoms with Crippen LogP contribution in [0.5, 0.6) is 5.75 Å². The third-order valence-electron chi connectivity index (χ3n) is 6.49. The molecule has 0 saturated carbocycles. The number of carbonyl (C=O) groups excluding carboxylic acids is 2. The first-order valence-corrected chi connectivity index (χ1v) is 15.3. The number of benzene rings is 3. The van der Waals surface area contributed by atoms with Crippen LogP contribution in [-0.4, -0.2) is 50.0 Å². The van der Waals surface area contributed by atoms with Gasteiger partial charge in [-0.05, 0) is 67.8 Å². The van der Waals surface area contributed by atoms with Crippen LogP contribution in [0.15, 0.2) is 78.9 Å². The van der Waals surface area contributed by atoms with E-state index in [1.165, 1.54) is 4.90 Å². The molecule has 40 heavy (non-hydrogen) atoms. The fraction of sp³-hybridized carbons (Fsp3) is 0.333. The molecule has 0 unspecified atom stereocenters. The van der Waals surface area contributed by atoms with Gasteiger partial charge in [-0.25, -0.2) is 8.42 Å². The molecule has 1 N–H and O–H groups in total. The highest BCUT2D eigenvalue weighted by Gasteiger charge is 2.30. The van der Waals surface area contributed by atoms with Crippen molar-refractivity contribution in [2.24, 2.45) is 0 Å². The van der Waals surface area contributed by atoms with Crippen LogP contribution >= 0.6 is 11.6 Å². The molecule has 2 amide bonds. The molecule has 0 fully saturated rings. The highest BCUT2D eigenvalue weighted by Crippen LogP contribution is 2.23. The molecule has 0 radical (unpaired) electrons. The minimum Gasteiger partial charge on any atom is -0.489 e. The maximum Gasteiger partial charge on any atom is 0.244 e. The van der Waals surface area contributed by atoms with Gasteiger partial charge >= 0.3 is 0 Å². The van der Waals surface area contributed by atoms with Crippen LogP contribution in [-0.2, 0) is 32.8 Å². The summed E-state index contributed by atoms with van der Waals surface area (Å²) in [5, 5.41) is 3.45. The summed E-state index contributed by atoms with van der Waals surface area (Å²) >= 11 is 6.02. The maximum absolute atomic E-state index is 13.7. The van der Waals surface area contributed by atoms with Gasteiger partial charge in [-0.1, -0.05) is 61.0 Å². The van der Waals surface area contributed by atoms with E-state index in [0.717, 1.165) is 28.1 Å². The van der Waals surface area contributed by atoms with E-state index >= 15 is 0 Å². The molecule has 3 rings (SSSR count). The van der Waals surface area contributed by atoms with Crippen molar-refractivity contribution in [3.8, 4) is 5.75 Å². The summed E-state index contributed by atoms with van der Waals surface area (Å²) in [6, 6.07) is 22.2. The van der Waals surface area contributed by atoms with Gasteiger partial charge in [0.15, 0.2) is 0 Å². The Balaban J connectivity index is 1.81. The maximum atomic E-state index is 13.7. The molecule has 0 aliphatic carbocycles. The lowest BCUT2D eigenvalue weighted by molar-refractivity contribution is -0.139. The predicted molar refractivity (Wildman–Crippen MR) is 159 cm³/mol. The van der Waals surface area contributed by atoms with E-state index in [9.17, 15) is 18.0 Å². The molecule has 3 aromatic rings. The van der Waals surface area contributed by atoms with Gasteiger partial charge < -0.3 is 15.0 Å². The predicted octanol–water partition coefficient (Wildman–Crippen LogP) is 5.02. The first kappa shape index (κ1) is 31.0. The van der Waals surface area contributed by atoms with E-state index in [-0.39, 0.29) is 18.5 Å². The molecule has 2 atom stereocenters. The molecule has 0 bridgehead atoms. The van der Waals surface area contributed by atoms with Crippen molar-refractivity contribution in [1.82, 2.24) is 10.2 Å². The second kappa shape index (κ2) is 14.2. The average Bonchev–Trinajstić information content (AvgIpc) is 2.94. The monoisotopic (exact) mass is 585 g/mol. The first-order valence-electron chi connectivity index (χ1n) is 13.1. The molecule has 0 heterocycles. The fourth-order valence-electron chi connectivity index (χ4n) is 3.90. The van der Waals surface area contributed by atoms with Crippen LogP contribution in [0, 0.1) is 0 Å². The summed E-state index contributed by atoms with van der Waals surface area (Å²) in [5.41, 5.74) is 2.07. The van der Waals surface area contributed by atoms with Gasteiger partial charge in [-0.2, -0.15) is 0 Å². The summed E-state index contributed by atoms with van der Waals surface area (Å²) in [5.74, 6) is -0.272. The van der Waals surface area contributed by atoms with E-state index in [1.807, 2.05) is 44.2 Å². The molecule has 10 heteroatoms. The second-order valence-corrected chi connectivity index (χ2v) is 12.0. The zero-order chi connectivity index (χ0) is 29.3. The standard InChI is InChI=1S/C30H36ClN3O5S/c1-5-22(2)32-30(36)23(3)33(19-24-11-13-26(31)14-12-24)29(35)20-34(40(4,37)38)27-15-17-28(18-16-27)39-21-25-9-7-6-8-10-25/h6-18,22-23H,5,19-21H2,1-4H3,(H,32,36)/t22-,23-/m1/s1. The van der Waals surface area contributed by atoms with Crippen molar-refractivity contribution >= 4 is 39.1 Å². The lowest BCUT2D eigenvalue weighted by Crippen LogP contribution is -2.52. The van der Waals surface area contributed by atoms with E-state index in [1.54, 1.807) is 55.5 Å². The van der Waals surface area contributed by atoms with Crippen molar-refractivity contribution < 1.29 is 22.7 Å². The Morgan fingerprint density at radius 2 is 1.55 bits per heavy atom. The van der Waals surface area contributed by atoms with Crippen LogP contribution in [0.4, 0.5) is 5.69 Å². The summed E-state index contributed by atoms with van der Waals surface area (Å²) in [4.78, 5) is 28.0. The number of amides is 2. The van der Waals surface area contributed by atoms with Crippen LogP contribution in [0.2, 0.25) is 5.02 Å². The smallest absolute Gasteiger partial charge is 0.244 e. The molecule has 0 aliphatic rings. The van der Waals surface area contributed by atoms with Crippen LogP contribution in [0.1, 0.15) is 38.3 Å². The molecular formula is C30H36ClN3O5S. The number of nitrogens with zero attached hydrogens (tertiary/aromatic N) is 2. The van der Waals surface area contributed by atoms with Crippen molar-refractivity contribution in [2.75, 3.05) is 17.1 Å². The average molecular weight is 586 g/mol. The summed E-state index contributed by atoms with van der Waals surface area (Å²) in [6.07, 6.45) is 1.78. The van der Waals surface area contributed by atoms with E-state index in [4.69, 9.17) is 16.3 Å². The molecule has 3 aromatic carbocycles. The van der Waals surface area contributed by atoms with Gasteiger partial charge in [0.05, 0.1) is 11.9 Å². The third kappa shape index (κ3) is 8.99. The Morgan fingerprint density at radius 3 is 2.12 bits per heavy atom. The number of hydrogen-bond acceptors (Lipinski definition) is 5. The van der Waals surface area contributed by atoms with Crippen molar-refractivity contribution in [3.63, 3.8) is 0 Å². The zero-order valence-corrected chi connectivity index (χ0v) is 24.8. The van der Waals surface area contributed by atoms with Crippen molar-refractivity contribution in [3.05, 3.63) is 95.0 Å². The molecule has 214 valence electrons. The van der Waals surface area contributed by atoms with E-state index in [0.29, 0.717) is 23.1 Å². The topological polar surface area (TPSA) is 96.0 Å². The Kier molecular flexibility index (Phi) is 11.0. The highest BCUT2D eigenvalue weighted by molar-refractivity contribution is 7.92. The summed E-state index contributed by atoms with van der Waals surface area (Å²) in [6.45, 7) is 5.47. The number of hydrogen-bond donors (Lipinski definition) is 1. The molecule has 0 aromatic heterocycles. The lowest BCUT2D eigenvalue weighted by atomic mass is 10.1. The Bertz CT molecular complexity index is 1370. The number of nitrogens with one attached hydrogen (secondary N) is 1. The fourth-order valence-corrected chi connectivity index (χ4v) is 4.87. The van der Waals surface area contributed by atoms with Crippen LogP contribution in [0.3, 0.4) is 0 Å². The molecule has 8 nitrogen and oxygen atoms in total. The molecular weight excluding hydrogens is 550 g/mol. The minimum atomic E-state index is -3.84. The van der Waals surface area contributed by atoms with Gasteiger partial charge in [-0.15, -0.1) is 0 Å². The number of rotatable bonds is 13. The third-order valence-corrected chi connectivity index (χ3v) is 7.88. The van der Waals surface area contributed by atoms with Crippen LogP contribution < -0.4 is 14.4 Å². The van der Waals surface area contributed by atoms with Crippen LogP contribution in [0.25, 0.3) is 0 Å². The quantitative estimate of drug-likeness (QED) is 0.304. The van der Waals surface area contributed by atoms with E-state index in [2.05, 4.69) is 5.32 Å². The van der Waals surface area contributed by atoms with Gasteiger partial charge in [0.1, 0.15) is 24.9 Å². The van der Waals surface area contributed by atoms with E-state index < -0.39 is 28.5 Å². The van der Waals surface area contributed by atoms with Gasteiger partial charge in [0, 0.05) is 17.6 Å². The van der Waals surface area contributed by atoms with Gasteiger partial charge in [-0.3, -0.25) is 13.9 Å². The molecule has 0 saturated heterocycles. The number of halogens is 1. The number of anilines is 1. The Labute approximate surface area is 241 Å². The zero-order valence-electron chi connectivity index (χ0n) is 23.2. The number of carbonyl (C=O) groups is 2. The highest BCUT2D eigenvalue weighted by atomic mass is 35.5. The second-order valence-electron chi connectivity index (χ2n) is 9.68. The van der Waals surface area contributed by atoms with Crippen molar-refractivity contribution in [2.45, 2.75) is 52.4 Å². The SMILES string of the molecule is CC[C@@H](C)NC(=O)[C@@H](C)N(Cc1ccc(Cl)cc1)C(=O)CN(c1ccc(OCc2ccccc2)cc1)S(C)(=O)=O. The van der Waals surface area contributed by atoms with Crippen molar-refractivity contribution in [1.29, 1.82) is 0 Å². The summed E-state index contributed by atoms with van der Waals surface area (Å²) < 4.78 is 32.4. The molecule has 0 spiro atoms. The normalized spacial score (nSPS) is 12.7. The summed E-state index contributed by atoms with van der Waals surface area (Å²) in [7, 11) is -3.84. The Morgan fingerprint density at radius 1 is 0.925 bits per heavy atom. The lowest BCUT2D eigenvalue weighted by Gasteiger charge is -2.32. The minimum absolute atomic E-state index is 0.0717. The first-order chi connectivity index (χ1) is 19.0. The number of sulfonamides is 1. The van der Waals surface area contributed by atoms with Gasteiger partial charge in [0.2, 0.25) is 21.8 Å². The van der Waals surface area contributed by atoms with Gasteiger partial charge in [0.25, 0.3) is 0 Å². The largest absolute Gasteiger partial charge is 0.489 e. The Hall–Kier alpha value is -3.56. The molecule has 0 aliphatic heterocycles. The number of ether oxygens (including phenoxy) is 1.